The van der Waals surface area contributed by atoms with E-state index in [0.29, 0.717) is 15.8 Å². The zero-order chi connectivity index (χ0) is 13.1. The summed E-state index contributed by atoms with van der Waals surface area (Å²) >= 11 is 3.17. The van der Waals surface area contributed by atoms with Gasteiger partial charge in [-0.3, -0.25) is 4.79 Å². The molecule has 0 spiro atoms. The number of halogens is 2. The molecule has 0 aliphatic rings. The van der Waals surface area contributed by atoms with Crippen molar-refractivity contribution in [1.29, 1.82) is 0 Å². The lowest BCUT2D eigenvalue weighted by molar-refractivity contribution is 0.103. The number of para-hydroxylation sites is 1. The average Bonchev–Trinajstić information content (AvgIpc) is 2.36. The van der Waals surface area contributed by atoms with E-state index < -0.39 is 5.82 Å². The minimum absolute atomic E-state index is 0.271. The van der Waals surface area contributed by atoms with Crippen LogP contribution in [0.1, 0.15) is 15.9 Å². The zero-order valence-electron chi connectivity index (χ0n) is 9.61. The van der Waals surface area contributed by atoms with Crippen molar-refractivity contribution in [3.05, 3.63) is 63.9 Å². The highest BCUT2D eigenvalue weighted by Gasteiger charge is 2.15. The van der Waals surface area contributed by atoms with Crippen LogP contribution in [0, 0.1) is 5.82 Å². The van der Waals surface area contributed by atoms with Crippen LogP contribution in [0.15, 0.2) is 46.9 Å². The van der Waals surface area contributed by atoms with Gasteiger partial charge in [0, 0.05) is 10.0 Å². The minimum Gasteiger partial charge on any atom is -0.496 e. The van der Waals surface area contributed by atoms with Crippen LogP contribution in [-0.4, -0.2) is 12.9 Å². The van der Waals surface area contributed by atoms with E-state index in [2.05, 4.69) is 15.9 Å². The van der Waals surface area contributed by atoms with Crippen molar-refractivity contribution in [3.8, 4) is 5.75 Å². The van der Waals surface area contributed by atoms with Gasteiger partial charge in [0.1, 0.15) is 11.6 Å². The number of carbonyl (C=O) groups excluding carboxylic acids is 1. The SMILES string of the molecule is COc1ccccc1C(=O)c1cc(F)cc(Br)c1. The third kappa shape index (κ3) is 2.59. The van der Waals surface area contributed by atoms with E-state index in [4.69, 9.17) is 4.74 Å². The molecule has 2 nitrogen and oxygen atoms in total. The normalized spacial score (nSPS) is 10.2. The van der Waals surface area contributed by atoms with Crippen molar-refractivity contribution in [2.75, 3.05) is 7.11 Å². The Bertz CT molecular complexity index is 576. The molecule has 0 saturated carbocycles. The predicted octanol–water partition coefficient (Wildman–Crippen LogP) is 3.83. The van der Waals surface area contributed by atoms with Crippen molar-refractivity contribution in [1.82, 2.24) is 0 Å². The van der Waals surface area contributed by atoms with Gasteiger partial charge in [-0.05, 0) is 30.3 Å². The van der Waals surface area contributed by atoms with E-state index in [0.717, 1.165) is 0 Å². The van der Waals surface area contributed by atoms with Gasteiger partial charge < -0.3 is 4.74 Å². The maximum Gasteiger partial charge on any atom is 0.196 e. The molecule has 2 aromatic carbocycles. The highest BCUT2D eigenvalue weighted by molar-refractivity contribution is 9.10. The molecule has 0 radical (unpaired) electrons. The van der Waals surface area contributed by atoms with Gasteiger partial charge in [0.05, 0.1) is 12.7 Å². The number of carbonyl (C=O) groups is 1. The quantitative estimate of drug-likeness (QED) is 0.806. The summed E-state index contributed by atoms with van der Waals surface area (Å²) in [5.41, 5.74) is 0.698. The first-order chi connectivity index (χ1) is 8.61. The fourth-order valence-electron chi connectivity index (χ4n) is 1.67. The number of benzene rings is 2. The second-order valence-corrected chi connectivity index (χ2v) is 4.60. The molecule has 4 heteroatoms. The second kappa shape index (κ2) is 5.31. The fraction of sp³-hybridized carbons (Fsp3) is 0.0714. The molecule has 0 aromatic heterocycles. The van der Waals surface area contributed by atoms with E-state index in [1.165, 1.54) is 19.2 Å². The molecular weight excluding hydrogens is 299 g/mol. The van der Waals surface area contributed by atoms with E-state index >= 15 is 0 Å². The summed E-state index contributed by atoms with van der Waals surface area (Å²) in [5.74, 6) is -0.252. The first-order valence-electron chi connectivity index (χ1n) is 5.25. The topological polar surface area (TPSA) is 26.3 Å². The maximum absolute atomic E-state index is 13.3. The van der Waals surface area contributed by atoms with Crippen molar-refractivity contribution in [2.45, 2.75) is 0 Å². The van der Waals surface area contributed by atoms with Gasteiger partial charge in [0.25, 0.3) is 0 Å². The maximum atomic E-state index is 13.3. The van der Waals surface area contributed by atoms with Crippen LogP contribution in [0.2, 0.25) is 0 Å². The van der Waals surface area contributed by atoms with Gasteiger partial charge in [0.2, 0.25) is 0 Å². The molecule has 0 atom stereocenters. The zero-order valence-corrected chi connectivity index (χ0v) is 11.2. The molecule has 18 heavy (non-hydrogen) atoms. The van der Waals surface area contributed by atoms with E-state index in [9.17, 15) is 9.18 Å². The smallest absolute Gasteiger partial charge is 0.196 e. The lowest BCUT2D eigenvalue weighted by atomic mass is 10.0. The molecule has 0 heterocycles. The molecule has 0 aliphatic heterocycles. The first-order valence-corrected chi connectivity index (χ1v) is 6.05. The second-order valence-electron chi connectivity index (χ2n) is 3.69. The van der Waals surface area contributed by atoms with Crippen LogP contribution >= 0.6 is 15.9 Å². The molecule has 0 aliphatic carbocycles. The van der Waals surface area contributed by atoms with E-state index in [1.54, 1.807) is 30.3 Å². The third-order valence-corrected chi connectivity index (χ3v) is 2.93. The Labute approximate surface area is 113 Å². The van der Waals surface area contributed by atoms with Crippen molar-refractivity contribution in [2.24, 2.45) is 0 Å². The van der Waals surface area contributed by atoms with Gasteiger partial charge >= 0.3 is 0 Å². The summed E-state index contributed by atoms with van der Waals surface area (Å²) in [6, 6.07) is 11.0. The highest BCUT2D eigenvalue weighted by Crippen LogP contribution is 2.23. The summed E-state index contributed by atoms with van der Waals surface area (Å²) in [6.45, 7) is 0. The highest BCUT2D eigenvalue weighted by atomic mass is 79.9. The number of ether oxygens (including phenoxy) is 1. The fourth-order valence-corrected chi connectivity index (χ4v) is 2.14. The lowest BCUT2D eigenvalue weighted by Gasteiger charge is -2.07. The minimum atomic E-state index is -0.456. The summed E-state index contributed by atoms with van der Waals surface area (Å²) < 4.78 is 18.9. The van der Waals surface area contributed by atoms with Crippen LogP contribution < -0.4 is 4.74 Å². The molecule has 0 fully saturated rings. The standard InChI is InChI=1S/C14H10BrFO2/c1-18-13-5-3-2-4-12(13)14(17)9-6-10(15)8-11(16)7-9/h2-8H,1H3. The van der Waals surface area contributed by atoms with Crippen LogP contribution in [0.25, 0.3) is 0 Å². The molecule has 0 bridgehead atoms. The van der Waals surface area contributed by atoms with Crippen LogP contribution in [0.5, 0.6) is 5.75 Å². The molecule has 2 aromatic rings. The van der Waals surface area contributed by atoms with Crippen molar-refractivity contribution >= 4 is 21.7 Å². The monoisotopic (exact) mass is 308 g/mol. The molecule has 0 N–H and O–H groups in total. The number of rotatable bonds is 3. The van der Waals surface area contributed by atoms with Crippen molar-refractivity contribution in [3.63, 3.8) is 0 Å². The molecule has 2 rings (SSSR count). The first kappa shape index (κ1) is 12.8. The Morgan fingerprint density at radius 1 is 1.22 bits per heavy atom. The lowest BCUT2D eigenvalue weighted by Crippen LogP contribution is -2.04. The van der Waals surface area contributed by atoms with E-state index in [1.807, 2.05) is 0 Å². The summed E-state index contributed by atoms with van der Waals surface area (Å²) in [4.78, 5) is 12.3. The Morgan fingerprint density at radius 2 is 1.94 bits per heavy atom. The van der Waals surface area contributed by atoms with Crippen LogP contribution in [-0.2, 0) is 0 Å². The Morgan fingerprint density at radius 3 is 2.61 bits per heavy atom. The van der Waals surface area contributed by atoms with Crippen molar-refractivity contribution < 1.29 is 13.9 Å². The Kier molecular flexibility index (Phi) is 3.77. The number of ketones is 1. The molecule has 0 unspecified atom stereocenters. The summed E-state index contributed by atoms with van der Waals surface area (Å²) in [5, 5.41) is 0. The number of hydrogen-bond donors (Lipinski definition) is 0. The number of methoxy groups -OCH3 is 1. The predicted molar refractivity (Wildman–Crippen MR) is 70.5 cm³/mol. The van der Waals surface area contributed by atoms with Gasteiger partial charge in [0.15, 0.2) is 5.78 Å². The van der Waals surface area contributed by atoms with Crippen LogP contribution in [0.3, 0.4) is 0 Å². The summed E-state index contributed by atoms with van der Waals surface area (Å²) in [7, 11) is 1.49. The summed E-state index contributed by atoms with van der Waals surface area (Å²) in [6.07, 6.45) is 0. The largest absolute Gasteiger partial charge is 0.496 e. The van der Waals surface area contributed by atoms with Gasteiger partial charge in [-0.25, -0.2) is 4.39 Å². The Hall–Kier alpha value is -1.68. The molecule has 0 amide bonds. The molecule has 92 valence electrons. The van der Waals surface area contributed by atoms with Gasteiger partial charge in [-0.15, -0.1) is 0 Å². The van der Waals surface area contributed by atoms with Gasteiger partial charge in [-0.1, -0.05) is 28.1 Å². The molecular formula is C14H10BrFO2. The van der Waals surface area contributed by atoms with E-state index in [-0.39, 0.29) is 11.3 Å². The average molecular weight is 309 g/mol. The van der Waals surface area contributed by atoms with Gasteiger partial charge in [-0.2, -0.15) is 0 Å². The number of hydrogen-bond acceptors (Lipinski definition) is 2. The Balaban J connectivity index is 2.47. The van der Waals surface area contributed by atoms with Crippen LogP contribution in [0.4, 0.5) is 4.39 Å². The molecule has 0 saturated heterocycles. The third-order valence-electron chi connectivity index (χ3n) is 2.48.